The largest absolute Gasteiger partial charge is 0.480 e. The van der Waals surface area contributed by atoms with Crippen molar-refractivity contribution in [3.63, 3.8) is 0 Å². The third-order valence-corrected chi connectivity index (χ3v) is 4.56. The molecule has 1 saturated heterocycles. The van der Waals surface area contributed by atoms with Crippen LogP contribution >= 0.6 is 15.9 Å². The Balaban J connectivity index is 2.02. The topological polar surface area (TPSA) is 57.6 Å². The molecule has 0 saturated carbocycles. The summed E-state index contributed by atoms with van der Waals surface area (Å²) in [7, 11) is 0. The molecule has 1 aliphatic rings. The molecule has 5 heteroatoms. The Morgan fingerprint density at radius 2 is 2.00 bits per heavy atom. The number of carboxylic acids is 1. The van der Waals surface area contributed by atoms with Gasteiger partial charge in [0.25, 0.3) is 0 Å². The van der Waals surface area contributed by atoms with E-state index in [1.807, 2.05) is 31.2 Å². The van der Waals surface area contributed by atoms with Crippen molar-refractivity contribution in [2.24, 2.45) is 0 Å². The van der Waals surface area contributed by atoms with Crippen LogP contribution in [0.3, 0.4) is 0 Å². The summed E-state index contributed by atoms with van der Waals surface area (Å²) in [5.41, 5.74) is 1.09. The molecule has 1 N–H and O–H groups in total. The molecule has 0 bridgehead atoms. The van der Waals surface area contributed by atoms with Gasteiger partial charge in [0.1, 0.15) is 6.04 Å². The highest BCUT2D eigenvalue weighted by molar-refractivity contribution is 9.10. The van der Waals surface area contributed by atoms with E-state index < -0.39 is 12.0 Å². The van der Waals surface area contributed by atoms with Crippen molar-refractivity contribution >= 4 is 27.8 Å². The van der Waals surface area contributed by atoms with Crippen LogP contribution < -0.4 is 0 Å². The number of carbonyl (C=O) groups is 2. The van der Waals surface area contributed by atoms with Crippen molar-refractivity contribution < 1.29 is 14.7 Å². The summed E-state index contributed by atoms with van der Waals surface area (Å²) >= 11 is 3.39. The van der Waals surface area contributed by atoms with Gasteiger partial charge in [-0.25, -0.2) is 4.79 Å². The monoisotopic (exact) mass is 353 g/mol. The molecule has 114 valence electrons. The van der Waals surface area contributed by atoms with E-state index in [9.17, 15) is 14.7 Å². The van der Waals surface area contributed by atoms with Crippen molar-refractivity contribution in [2.75, 3.05) is 6.54 Å². The Hall–Kier alpha value is -1.36. The number of benzene rings is 1. The van der Waals surface area contributed by atoms with E-state index in [4.69, 9.17) is 0 Å². The number of aliphatic carboxylic acids is 1. The number of hydrogen-bond acceptors (Lipinski definition) is 2. The molecule has 1 aromatic carbocycles. The van der Waals surface area contributed by atoms with Crippen molar-refractivity contribution in [2.45, 2.75) is 44.6 Å². The van der Waals surface area contributed by atoms with E-state index in [0.29, 0.717) is 19.4 Å². The van der Waals surface area contributed by atoms with Gasteiger partial charge in [0, 0.05) is 17.4 Å². The zero-order valence-electron chi connectivity index (χ0n) is 12.1. The first kappa shape index (κ1) is 16.0. The lowest BCUT2D eigenvalue weighted by Crippen LogP contribution is -2.48. The first-order chi connectivity index (χ1) is 9.99. The fourth-order valence-corrected chi connectivity index (χ4v) is 3.04. The standard InChI is InChI=1S/C16H20BrNO3/c1-11(12-5-7-13(17)8-6-12)10-15(19)18-9-3-2-4-14(18)16(20)21/h5-8,11,14H,2-4,9-10H2,1H3,(H,20,21). The molecule has 4 nitrogen and oxygen atoms in total. The number of carbonyl (C=O) groups excluding carboxylic acids is 1. The van der Waals surface area contributed by atoms with Crippen LogP contribution in [0.25, 0.3) is 0 Å². The molecule has 1 heterocycles. The van der Waals surface area contributed by atoms with E-state index in [0.717, 1.165) is 22.9 Å². The minimum atomic E-state index is -0.889. The number of halogens is 1. The zero-order valence-corrected chi connectivity index (χ0v) is 13.7. The molecular formula is C16H20BrNO3. The second-order valence-corrected chi connectivity index (χ2v) is 6.51. The second kappa shape index (κ2) is 7.07. The molecule has 21 heavy (non-hydrogen) atoms. The molecule has 0 aromatic heterocycles. The summed E-state index contributed by atoms with van der Waals surface area (Å²) in [6, 6.07) is 7.25. The summed E-state index contributed by atoms with van der Waals surface area (Å²) in [6.07, 6.45) is 2.68. The predicted molar refractivity (Wildman–Crippen MR) is 84.2 cm³/mol. The lowest BCUT2D eigenvalue weighted by molar-refractivity contribution is -0.152. The third-order valence-electron chi connectivity index (χ3n) is 4.03. The third kappa shape index (κ3) is 4.06. The predicted octanol–water partition coefficient (Wildman–Crippen LogP) is 3.41. The molecule has 1 amide bonds. The molecule has 1 fully saturated rings. The fourth-order valence-electron chi connectivity index (χ4n) is 2.78. The van der Waals surface area contributed by atoms with Gasteiger partial charge in [0.15, 0.2) is 0 Å². The quantitative estimate of drug-likeness (QED) is 0.902. The highest BCUT2D eigenvalue weighted by atomic mass is 79.9. The Bertz CT molecular complexity index is 515. The van der Waals surface area contributed by atoms with Crippen LogP contribution in [-0.4, -0.2) is 34.5 Å². The van der Waals surface area contributed by atoms with Crippen molar-refractivity contribution in [3.8, 4) is 0 Å². The molecular weight excluding hydrogens is 334 g/mol. The van der Waals surface area contributed by atoms with Gasteiger partial charge in [-0.2, -0.15) is 0 Å². The summed E-state index contributed by atoms with van der Waals surface area (Å²) in [5.74, 6) is -0.862. The lowest BCUT2D eigenvalue weighted by atomic mass is 9.95. The first-order valence-corrected chi connectivity index (χ1v) is 8.06. The van der Waals surface area contributed by atoms with Crippen LogP contribution in [0.4, 0.5) is 0 Å². The Kier molecular flexibility index (Phi) is 5.39. The summed E-state index contributed by atoms with van der Waals surface area (Å²) in [5, 5.41) is 9.24. The van der Waals surface area contributed by atoms with Gasteiger partial charge in [-0.15, -0.1) is 0 Å². The second-order valence-electron chi connectivity index (χ2n) is 5.59. The number of hydrogen-bond donors (Lipinski definition) is 1. The van der Waals surface area contributed by atoms with Gasteiger partial charge >= 0.3 is 5.97 Å². The van der Waals surface area contributed by atoms with E-state index in [2.05, 4.69) is 15.9 Å². The maximum atomic E-state index is 12.4. The Labute approximate surface area is 133 Å². The van der Waals surface area contributed by atoms with Gasteiger partial charge in [-0.05, 0) is 42.9 Å². The summed E-state index contributed by atoms with van der Waals surface area (Å²) < 4.78 is 1.01. The maximum Gasteiger partial charge on any atom is 0.326 e. The maximum absolute atomic E-state index is 12.4. The average Bonchev–Trinajstić information content (AvgIpc) is 2.47. The van der Waals surface area contributed by atoms with Gasteiger partial charge < -0.3 is 10.0 Å². The number of likely N-dealkylation sites (tertiary alicyclic amines) is 1. The molecule has 0 radical (unpaired) electrons. The van der Waals surface area contributed by atoms with Crippen LogP contribution in [0.2, 0.25) is 0 Å². The first-order valence-electron chi connectivity index (χ1n) is 7.26. The highest BCUT2D eigenvalue weighted by Gasteiger charge is 2.32. The average molecular weight is 354 g/mol. The Morgan fingerprint density at radius 1 is 1.33 bits per heavy atom. The fraction of sp³-hybridized carbons (Fsp3) is 0.500. The van der Waals surface area contributed by atoms with E-state index >= 15 is 0 Å². The smallest absolute Gasteiger partial charge is 0.326 e. The van der Waals surface area contributed by atoms with E-state index in [-0.39, 0.29) is 11.8 Å². The molecule has 2 atom stereocenters. The lowest BCUT2D eigenvalue weighted by Gasteiger charge is -2.33. The molecule has 1 aromatic rings. The van der Waals surface area contributed by atoms with Gasteiger partial charge in [0.05, 0.1) is 0 Å². The molecule has 2 unspecified atom stereocenters. The van der Waals surface area contributed by atoms with Crippen LogP contribution in [0.15, 0.2) is 28.7 Å². The van der Waals surface area contributed by atoms with Crippen LogP contribution in [0.1, 0.15) is 44.1 Å². The summed E-state index contributed by atoms with van der Waals surface area (Å²) in [4.78, 5) is 25.2. The molecule has 0 spiro atoms. The van der Waals surface area contributed by atoms with Gasteiger partial charge in [-0.3, -0.25) is 4.79 Å². The van der Waals surface area contributed by atoms with Crippen LogP contribution in [0.5, 0.6) is 0 Å². The molecule has 0 aliphatic carbocycles. The SMILES string of the molecule is CC(CC(=O)N1CCCCC1C(=O)O)c1ccc(Br)cc1. The van der Waals surface area contributed by atoms with Crippen LogP contribution in [-0.2, 0) is 9.59 Å². The Morgan fingerprint density at radius 3 is 2.62 bits per heavy atom. The van der Waals surface area contributed by atoms with Crippen LogP contribution in [0, 0.1) is 0 Å². The minimum absolute atomic E-state index is 0.0579. The molecule has 2 rings (SSSR count). The number of amides is 1. The van der Waals surface area contributed by atoms with Crippen molar-refractivity contribution in [1.82, 2.24) is 4.90 Å². The number of nitrogens with zero attached hydrogens (tertiary/aromatic N) is 1. The number of rotatable bonds is 4. The zero-order chi connectivity index (χ0) is 15.4. The molecule has 1 aliphatic heterocycles. The van der Waals surface area contributed by atoms with Gasteiger partial charge in [-0.1, -0.05) is 35.0 Å². The number of carboxylic acid groups (broad SMARTS) is 1. The van der Waals surface area contributed by atoms with Gasteiger partial charge in [0.2, 0.25) is 5.91 Å². The van der Waals surface area contributed by atoms with E-state index in [1.165, 1.54) is 0 Å². The number of piperidine rings is 1. The minimum Gasteiger partial charge on any atom is -0.480 e. The van der Waals surface area contributed by atoms with E-state index in [1.54, 1.807) is 4.90 Å². The normalized spacial score (nSPS) is 20.1. The summed E-state index contributed by atoms with van der Waals surface area (Å²) in [6.45, 7) is 2.56. The van der Waals surface area contributed by atoms with Crippen molar-refractivity contribution in [1.29, 1.82) is 0 Å². The van der Waals surface area contributed by atoms with Crippen molar-refractivity contribution in [3.05, 3.63) is 34.3 Å². The highest BCUT2D eigenvalue weighted by Crippen LogP contribution is 2.25.